The number of aliphatic hydroxyl groups excluding tert-OH is 2. The molecule has 282 valence electrons. The fraction of sp³-hybridized carbons (Fsp3) is 0.841. The van der Waals surface area contributed by atoms with Crippen molar-refractivity contribution in [3.8, 4) is 0 Å². The minimum Gasteiger partial charge on any atom is -0.393 e. The minimum absolute atomic E-state index is 0.0157. The van der Waals surface area contributed by atoms with Crippen LogP contribution in [0.5, 0.6) is 0 Å². The van der Waals surface area contributed by atoms with Crippen molar-refractivity contribution in [1.82, 2.24) is 0 Å². The highest BCUT2D eigenvalue weighted by Gasteiger charge is 2.66. The molecule has 1 aliphatic heterocycles. The third-order valence-corrected chi connectivity index (χ3v) is 17.7. The third-order valence-electron chi connectivity index (χ3n) is 17.7. The van der Waals surface area contributed by atoms with E-state index in [1.165, 1.54) is 17.6 Å². The predicted octanol–water partition coefficient (Wildman–Crippen LogP) is 7.56. The van der Waals surface area contributed by atoms with Crippen LogP contribution in [0, 0.1) is 69.0 Å². The number of aliphatic hydroxyl groups is 2. The highest BCUT2D eigenvalue weighted by molar-refractivity contribution is 5.93. The largest absolute Gasteiger partial charge is 0.393 e. The van der Waals surface area contributed by atoms with E-state index in [4.69, 9.17) is 9.47 Å². The molecule has 0 unspecified atom stereocenters. The van der Waals surface area contributed by atoms with E-state index in [1.807, 2.05) is 6.08 Å². The maximum absolute atomic E-state index is 13.6. The van der Waals surface area contributed by atoms with Gasteiger partial charge in [-0.2, -0.15) is 0 Å². The van der Waals surface area contributed by atoms with Crippen molar-refractivity contribution < 1.29 is 34.1 Å². The van der Waals surface area contributed by atoms with Crippen LogP contribution in [-0.2, 0) is 23.9 Å². The zero-order chi connectivity index (χ0) is 36.3. The summed E-state index contributed by atoms with van der Waals surface area (Å²) in [7, 11) is 0. The Balaban J connectivity index is 0.000000148. The van der Waals surface area contributed by atoms with Crippen LogP contribution in [0.4, 0.5) is 0 Å². The van der Waals surface area contributed by atoms with Crippen LogP contribution in [0.25, 0.3) is 0 Å². The van der Waals surface area contributed by atoms with E-state index in [1.54, 1.807) is 6.92 Å². The first-order chi connectivity index (χ1) is 24.0. The molecule has 1 saturated heterocycles. The number of hydrogen-bond acceptors (Lipinski definition) is 7. The quantitative estimate of drug-likeness (QED) is 0.286. The molecule has 0 radical (unpaired) electrons. The van der Waals surface area contributed by atoms with Crippen molar-refractivity contribution in [1.29, 1.82) is 0 Å². The maximum atomic E-state index is 13.6. The molecule has 0 aromatic heterocycles. The zero-order valence-electron chi connectivity index (χ0n) is 32.2. The van der Waals surface area contributed by atoms with Crippen molar-refractivity contribution in [2.75, 3.05) is 13.2 Å². The topological polar surface area (TPSA) is 110 Å². The molecule has 6 saturated carbocycles. The van der Waals surface area contributed by atoms with Gasteiger partial charge in [-0.15, -0.1) is 0 Å². The Morgan fingerprint density at radius 1 is 0.765 bits per heavy atom. The van der Waals surface area contributed by atoms with Gasteiger partial charge < -0.3 is 19.7 Å². The smallest absolute Gasteiger partial charge is 0.169 e. The van der Waals surface area contributed by atoms with Gasteiger partial charge in [-0.05, 0) is 148 Å². The summed E-state index contributed by atoms with van der Waals surface area (Å²) in [5, 5.41) is 21.2. The highest BCUT2D eigenvalue weighted by Crippen LogP contribution is 2.69. The van der Waals surface area contributed by atoms with Gasteiger partial charge in [-0.3, -0.25) is 14.4 Å². The Morgan fingerprint density at radius 3 is 2.16 bits per heavy atom. The molecular formula is C44H64O7. The van der Waals surface area contributed by atoms with Crippen LogP contribution in [-0.4, -0.2) is 58.8 Å². The van der Waals surface area contributed by atoms with Gasteiger partial charge in [-0.25, -0.2) is 0 Å². The Bertz CT molecular complexity index is 1520. The molecule has 51 heavy (non-hydrogen) atoms. The molecule has 2 N–H and O–H groups in total. The van der Waals surface area contributed by atoms with Crippen LogP contribution in [0.15, 0.2) is 23.3 Å². The van der Waals surface area contributed by atoms with Crippen LogP contribution in [0.1, 0.15) is 131 Å². The first kappa shape index (κ1) is 36.3. The molecule has 9 rings (SSSR count). The van der Waals surface area contributed by atoms with Crippen molar-refractivity contribution in [2.24, 2.45) is 69.0 Å². The average Bonchev–Trinajstić information content (AvgIpc) is 3.76. The van der Waals surface area contributed by atoms with Crippen molar-refractivity contribution in [3.05, 3.63) is 23.3 Å². The molecule has 1 heterocycles. The van der Waals surface area contributed by atoms with E-state index < -0.39 is 5.79 Å². The van der Waals surface area contributed by atoms with Gasteiger partial charge in [0, 0.05) is 30.6 Å². The SMILES string of the molecule is CC(=O)[C@H]1CC[C@H]2[C@@H]3CCC4=C[C@@H](O)CC[C@]4(C)[C@H]3[C@@H](O)C[C@]12C.CC1([C@H]2CC[C@H]3[C@@H]4CCC5=CC(=O)CC[C@]5(C)[C@H]4C(=O)C[C@]23C)OCCO1. The molecule has 9 aliphatic rings. The summed E-state index contributed by atoms with van der Waals surface area (Å²) in [6, 6.07) is 0. The zero-order valence-corrected chi connectivity index (χ0v) is 32.2. The number of ketones is 3. The van der Waals surface area contributed by atoms with Crippen LogP contribution >= 0.6 is 0 Å². The molecule has 14 atom stereocenters. The number of hydrogen-bond donors (Lipinski definition) is 2. The molecule has 0 aromatic carbocycles. The monoisotopic (exact) mass is 704 g/mol. The first-order valence-corrected chi connectivity index (χ1v) is 20.7. The van der Waals surface area contributed by atoms with Crippen molar-refractivity contribution in [2.45, 2.75) is 149 Å². The van der Waals surface area contributed by atoms with E-state index >= 15 is 0 Å². The van der Waals surface area contributed by atoms with Crippen LogP contribution < -0.4 is 0 Å². The molecule has 0 bridgehead atoms. The fourth-order valence-electron chi connectivity index (χ4n) is 15.5. The highest BCUT2D eigenvalue weighted by atomic mass is 16.7. The Labute approximate surface area is 305 Å². The van der Waals surface area contributed by atoms with Gasteiger partial charge in [0.05, 0.1) is 25.4 Å². The molecular weight excluding hydrogens is 640 g/mol. The lowest BCUT2D eigenvalue weighted by Crippen LogP contribution is -2.57. The predicted molar refractivity (Wildman–Crippen MR) is 194 cm³/mol. The normalized spacial score (nSPS) is 51.0. The van der Waals surface area contributed by atoms with E-state index in [0.29, 0.717) is 73.1 Å². The lowest BCUT2D eigenvalue weighted by atomic mass is 9.46. The molecule has 7 fully saturated rings. The number of rotatable bonds is 2. The maximum Gasteiger partial charge on any atom is 0.169 e. The van der Waals surface area contributed by atoms with E-state index in [-0.39, 0.29) is 51.5 Å². The number of carbonyl (C=O) groups is 3. The summed E-state index contributed by atoms with van der Waals surface area (Å²) in [6.45, 7) is 14.3. The summed E-state index contributed by atoms with van der Waals surface area (Å²) in [5.41, 5.74) is 2.53. The Hall–Kier alpha value is -1.67. The summed E-state index contributed by atoms with van der Waals surface area (Å²) in [4.78, 5) is 37.7. The minimum atomic E-state index is -0.530. The number of allylic oxidation sites excluding steroid dienone is 2. The van der Waals surface area contributed by atoms with Gasteiger partial charge in [0.2, 0.25) is 0 Å². The summed E-state index contributed by atoms with van der Waals surface area (Å²) >= 11 is 0. The second-order valence-electron chi connectivity index (χ2n) is 19.9. The lowest BCUT2D eigenvalue weighted by molar-refractivity contribution is -0.213. The number of fused-ring (bicyclic) bond motifs is 10. The molecule has 7 heteroatoms. The van der Waals surface area contributed by atoms with Gasteiger partial charge in [0.15, 0.2) is 11.6 Å². The number of Topliss-reactive ketones (excluding diaryl/α,β-unsaturated/α-hetero) is 2. The molecule has 0 spiro atoms. The average molecular weight is 705 g/mol. The van der Waals surface area contributed by atoms with E-state index in [0.717, 1.165) is 70.6 Å². The summed E-state index contributed by atoms with van der Waals surface area (Å²) < 4.78 is 12.1. The number of ether oxygens (including phenoxy) is 2. The van der Waals surface area contributed by atoms with E-state index in [2.05, 4.69) is 40.7 Å². The molecule has 0 amide bonds. The van der Waals surface area contributed by atoms with Crippen LogP contribution in [0.2, 0.25) is 0 Å². The van der Waals surface area contributed by atoms with E-state index in [9.17, 15) is 24.6 Å². The summed E-state index contributed by atoms with van der Waals surface area (Å²) in [5.74, 6) is 3.39. The van der Waals surface area contributed by atoms with Gasteiger partial charge in [-0.1, -0.05) is 44.9 Å². The van der Waals surface area contributed by atoms with Crippen LogP contribution in [0.3, 0.4) is 0 Å². The van der Waals surface area contributed by atoms with Gasteiger partial charge in [0.1, 0.15) is 11.6 Å². The third kappa shape index (κ3) is 5.34. The molecule has 7 nitrogen and oxygen atoms in total. The standard InChI is InChI=1S/C23H32O4.C21H32O3/c1-21-9-8-15(24)12-14(21)4-5-16-17-6-7-19(23(3)26-10-11-27-23)22(17,2)13-18(25)20(16)21;1-12(22)16-6-7-17-15-5-4-13-10-14(23)8-9-20(13,2)19(15)18(24)11-21(16,17)3/h12,16-17,19-20H,4-11,13H2,1-3H3;10,14-19,23-24H,4-9,11H2,1-3H3/t16-,17-,19-,20+,21-,22-;14-,15-,16+,17-,18-,19+,20-,21+/m00/s1. The second-order valence-corrected chi connectivity index (χ2v) is 19.9. The molecule has 8 aliphatic carbocycles. The second kappa shape index (κ2) is 12.4. The van der Waals surface area contributed by atoms with Crippen molar-refractivity contribution in [3.63, 3.8) is 0 Å². The summed E-state index contributed by atoms with van der Waals surface area (Å²) in [6.07, 6.45) is 16.6. The van der Waals surface area contributed by atoms with Gasteiger partial charge in [0.25, 0.3) is 0 Å². The number of carbonyl (C=O) groups excluding carboxylic acids is 3. The first-order valence-electron chi connectivity index (χ1n) is 20.7. The lowest BCUT2D eigenvalue weighted by Gasteiger charge is -2.60. The Kier molecular flexibility index (Phi) is 8.85. The Morgan fingerprint density at radius 2 is 1.43 bits per heavy atom. The fourth-order valence-corrected chi connectivity index (χ4v) is 15.5. The van der Waals surface area contributed by atoms with Crippen molar-refractivity contribution >= 4 is 17.3 Å². The molecule has 0 aromatic rings. The van der Waals surface area contributed by atoms with Gasteiger partial charge >= 0.3 is 0 Å².